The van der Waals surface area contributed by atoms with Crippen LogP contribution in [0, 0.1) is 0 Å². The van der Waals surface area contributed by atoms with E-state index in [0.717, 1.165) is 23.4 Å². The van der Waals surface area contributed by atoms with Crippen LogP contribution < -0.4 is 5.32 Å². The van der Waals surface area contributed by atoms with E-state index in [1.807, 2.05) is 32.3 Å². The van der Waals surface area contributed by atoms with Gasteiger partial charge in [0.25, 0.3) is 0 Å². The van der Waals surface area contributed by atoms with E-state index in [9.17, 15) is 0 Å². The Kier molecular flexibility index (Phi) is 10.3. The number of benzene rings is 1. The van der Waals surface area contributed by atoms with Crippen molar-refractivity contribution in [1.82, 2.24) is 25.0 Å². The normalized spacial score (nSPS) is 12.4. The van der Waals surface area contributed by atoms with E-state index < -0.39 is 0 Å². The van der Waals surface area contributed by atoms with E-state index >= 15 is 0 Å². The van der Waals surface area contributed by atoms with Gasteiger partial charge in [0, 0.05) is 30.9 Å². The Labute approximate surface area is 181 Å². The number of nitrogens with zero attached hydrogens (tertiary/aromatic N) is 5. The first-order chi connectivity index (χ1) is 12.0. The molecule has 2 rings (SSSR count). The quantitative estimate of drug-likeness (QED) is 0.352. The molecule has 1 heterocycles. The molecule has 2 aromatic rings. The molecule has 0 aliphatic rings. The molecular weight excluding hydrogens is 483 g/mol. The lowest BCUT2D eigenvalue weighted by Crippen LogP contribution is -2.39. The van der Waals surface area contributed by atoms with Crippen LogP contribution in [-0.2, 0) is 13.6 Å². The largest absolute Gasteiger partial charge is 0.357 e. The second-order valence-electron chi connectivity index (χ2n) is 5.63. The lowest BCUT2D eigenvalue weighted by molar-refractivity contribution is 0.448. The summed E-state index contributed by atoms with van der Waals surface area (Å²) in [7, 11) is 3.90. The van der Waals surface area contributed by atoms with Crippen LogP contribution in [0.25, 0.3) is 0 Å². The zero-order chi connectivity index (χ0) is 18.2. The molecule has 1 N–H and O–H groups in total. The minimum atomic E-state index is 0. The molecule has 1 unspecified atom stereocenters. The van der Waals surface area contributed by atoms with Gasteiger partial charge in [-0.3, -0.25) is 9.67 Å². The highest BCUT2D eigenvalue weighted by atomic mass is 127. The van der Waals surface area contributed by atoms with Crippen LogP contribution in [0.2, 0.25) is 5.02 Å². The van der Waals surface area contributed by atoms with Gasteiger partial charge in [-0.2, -0.15) is 16.9 Å². The van der Waals surface area contributed by atoms with Crippen molar-refractivity contribution in [1.29, 1.82) is 0 Å². The highest BCUT2D eigenvalue weighted by Crippen LogP contribution is 2.28. The van der Waals surface area contributed by atoms with Gasteiger partial charge >= 0.3 is 0 Å². The van der Waals surface area contributed by atoms with Crippen molar-refractivity contribution >= 4 is 53.3 Å². The van der Waals surface area contributed by atoms with Crippen LogP contribution in [0.3, 0.4) is 0 Å². The first kappa shape index (κ1) is 23.0. The number of thioether (sulfide) groups is 1. The molecule has 0 aliphatic heterocycles. The maximum Gasteiger partial charge on any atom is 0.194 e. The number of hydrogen-bond acceptors (Lipinski definition) is 4. The standard InChI is InChI=1S/C17H25ClN6S.HI/c1-5-19-17(23(2)11-16-21-12-22-24(16)3)20-10-15(25-4)13-7-6-8-14(18)9-13;/h6-9,12,15H,5,10-11H2,1-4H3,(H,19,20);1H. The third kappa shape index (κ3) is 6.62. The lowest BCUT2D eigenvalue weighted by atomic mass is 10.1. The Bertz CT molecular complexity index is 708. The van der Waals surface area contributed by atoms with Crippen LogP contribution >= 0.6 is 47.3 Å². The minimum absolute atomic E-state index is 0. The molecule has 6 nitrogen and oxygen atoms in total. The molecule has 0 saturated carbocycles. The Balaban J connectivity index is 0.00000338. The summed E-state index contributed by atoms with van der Waals surface area (Å²) in [5.74, 6) is 1.75. The highest BCUT2D eigenvalue weighted by Gasteiger charge is 2.13. The summed E-state index contributed by atoms with van der Waals surface area (Å²) in [4.78, 5) is 11.1. The van der Waals surface area contributed by atoms with E-state index in [1.165, 1.54) is 5.56 Å². The predicted octanol–water partition coefficient (Wildman–Crippen LogP) is 3.59. The summed E-state index contributed by atoms with van der Waals surface area (Å²) in [6, 6.07) is 7.98. The van der Waals surface area contributed by atoms with Crippen LogP contribution in [0.4, 0.5) is 0 Å². The lowest BCUT2D eigenvalue weighted by Gasteiger charge is -2.22. The van der Waals surface area contributed by atoms with E-state index in [2.05, 4.69) is 39.5 Å². The number of aliphatic imine (C=N–C) groups is 1. The molecule has 0 bridgehead atoms. The number of guanidine groups is 1. The Morgan fingerprint density at radius 3 is 2.81 bits per heavy atom. The van der Waals surface area contributed by atoms with Crippen LogP contribution in [-0.4, -0.2) is 52.0 Å². The molecule has 0 fully saturated rings. The van der Waals surface area contributed by atoms with Gasteiger partial charge < -0.3 is 10.2 Å². The van der Waals surface area contributed by atoms with Gasteiger partial charge in [0.1, 0.15) is 12.2 Å². The van der Waals surface area contributed by atoms with Crippen molar-refractivity contribution < 1.29 is 0 Å². The number of aryl methyl sites for hydroxylation is 1. The first-order valence-electron chi connectivity index (χ1n) is 8.15. The van der Waals surface area contributed by atoms with E-state index in [1.54, 1.807) is 22.8 Å². The molecular formula is C17H26ClIN6S. The molecule has 0 saturated heterocycles. The molecule has 0 spiro atoms. The molecule has 0 amide bonds. The fourth-order valence-electron chi connectivity index (χ4n) is 2.41. The van der Waals surface area contributed by atoms with Crippen molar-refractivity contribution in [2.45, 2.75) is 18.7 Å². The number of aromatic nitrogens is 3. The molecule has 1 atom stereocenters. The van der Waals surface area contributed by atoms with Crippen molar-refractivity contribution in [3.05, 3.63) is 47.0 Å². The summed E-state index contributed by atoms with van der Waals surface area (Å²) in [6.07, 6.45) is 3.66. The monoisotopic (exact) mass is 508 g/mol. The summed E-state index contributed by atoms with van der Waals surface area (Å²) in [6.45, 7) is 4.19. The van der Waals surface area contributed by atoms with Crippen LogP contribution in [0.1, 0.15) is 23.6 Å². The predicted molar refractivity (Wildman–Crippen MR) is 122 cm³/mol. The molecule has 1 aromatic carbocycles. The number of nitrogens with one attached hydrogen (secondary N) is 1. The van der Waals surface area contributed by atoms with Crippen molar-refractivity contribution in [3.8, 4) is 0 Å². The Hall–Kier alpha value is -1.00. The topological polar surface area (TPSA) is 58.3 Å². The average molecular weight is 509 g/mol. The second-order valence-corrected chi connectivity index (χ2v) is 7.11. The van der Waals surface area contributed by atoms with E-state index in [0.29, 0.717) is 13.1 Å². The minimum Gasteiger partial charge on any atom is -0.357 e. The molecule has 26 heavy (non-hydrogen) atoms. The fourth-order valence-corrected chi connectivity index (χ4v) is 3.25. The van der Waals surface area contributed by atoms with E-state index in [4.69, 9.17) is 16.6 Å². The molecule has 144 valence electrons. The number of hydrogen-bond donors (Lipinski definition) is 1. The number of halogens is 2. The zero-order valence-electron chi connectivity index (χ0n) is 15.5. The van der Waals surface area contributed by atoms with Gasteiger partial charge in [0.15, 0.2) is 5.96 Å². The van der Waals surface area contributed by atoms with Gasteiger partial charge in [-0.15, -0.1) is 24.0 Å². The van der Waals surface area contributed by atoms with Crippen molar-refractivity contribution in [2.75, 3.05) is 26.4 Å². The molecule has 0 aliphatic carbocycles. The molecule has 0 radical (unpaired) electrons. The van der Waals surface area contributed by atoms with Crippen LogP contribution in [0.5, 0.6) is 0 Å². The third-order valence-electron chi connectivity index (χ3n) is 3.79. The van der Waals surface area contributed by atoms with Crippen molar-refractivity contribution in [2.24, 2.45) is 12.0 Å². The summed E-state index contributed by atoms with van der Waals surface area (Å²) < 4.78 is 1.77. The Morgan fingerprint density at radius 2 is 2.23 bits per heavy atom. The highest BCUT2D eigenvalue weighted by molar-refractivity contribution is 14.0. The smallest absolute Gasteiger partial charge is 0.194 e. The molecule has 1 aromatic heterocycles. The summed E-state index contributed by atoms with van der Waals surface area (Å²) in [5.41, 5.74) is 1.19. The zero-order valence-corrected chi connectivity index (χ0v) is 19.4. The van der Waals surface area contributed by atoms with Gasteiger partial charge in [-0.05, 0) is 30.9 Å². The van der Waals surface area contributed by atoms with E-state index in [-0.39, 0.29) is 29.2 Å². The second kappa shape index (κ2) is 11.7. The third-order valence-corrected chi connectivity index (χ3v) is 5.02. The van der Waals surface area contributed by atoms with Gasteiger partial charge in [-0.25, -0.2) is 4.98 Å². The van der Waals surface area contributed by atoms with Crippen molar-refractivity contribution in [3.63, 3.8) is 0 Å². The average Bonchev–Trinajstić information content (AvgIpc) is 2.99. The van der Waals surface area contributed by atoms with Crippen LogP contribution in [0.15, 0.2) is 35.6 Å². The maximum absolute atomic E-state index is 6.12. The SMILES string of the molecule is CCNC(=NCC(SC)c1cccc(Cl)c1)N(C)Cc1ncnn1C.I. The Morgan fingerprint density at radius 1 is 1.46 bits per heavy atom. The number of rotatable bonds is 7. The maximum atomic E-state index is 6.12. The molecule has 9 heteroatoms. The summed E-state index contributed by atoms with van der Waals surface area (Å²) in [5, 5.41) is 8.47. The fraction of sp³-hybridized carbons (Fsp3) is 0.471. The first-order valence-corrected chi connectivity index (χ1v) is 9.82. The van der Waals surface area contributed by atoms with Gasteiger partial charge in [0.05, 0.1) is 13.1 Å². The summed E-state index contributed by atoms with van der Waals surface area (Å²) >= 11 is 7.90. The van der Waals surface area contributed by atoms with Gasteiger partial charge in [-0.1, -0.05) is 23.7 Å². The van der Waals surface area contributed by atoms with Gasteiger partial charge in [0.2, 0.25) is 0 Å².